The van der Waals surface area contributed by atoms with Crippen LogP contribution in [0.25, 0.3) is 10.9 Å². The standard InChI is InChI=1S/C19H20N4OS/c24-19-12-5-1-2-6-13(12)21-18(22-19)15-8-4-10-23(15)11-17-20-14-7-3-9-16(14)25-17/h1-2,5-6,15H,3-4,7-11H2,(H,21,22,24). The van der Waals surface area contributed by atoms with Gasteiger partial charge in [-0.2, -0.15) is 0 Å². The maximum Gasteiger partial charge on any atom is 0.258 e. The third-order valence-electron chi connectivity index (χ3n) is 5.29. The average molecular weight is 352 g/mol. The van der Waals surface area contributed by atoms with Gasteiger partial charge in [0.1, 0.15) is 10.8 Å². The lowest BCUT2D eigenvalue weighted by molar-refractivity contribution is 0.239. The topological polar surface area (TPSA) is 61.9 Å². The van der Waals surface area contributed by atoms with Gasteiger partial charge in [-0.25, -0.2) is 9.97 Å². The Morgan fingerprint density at radius 2 is 2.12 bits per heavy atom. The fraction of sp³-hybridized carbons (Fsp3) is 0.421. The molecule has 5 rings (SSSR count). The van der Waals surface area contributed by atoms with Crippen LogP contribution in [-0.2, 0) is 19.4 Å². The van der Waals surface area contributed by atoms with Gasteiger partial charge >= 0.3 is 0 Å². The first-order chi connectivity index (χ1) is 12.3. The Morgan fingerprint density at radius 1 is 1.20 bits per heavy atom. The van der Waals surface area contributed by atoms with Gasteiger partial charge in [0, 0.05) is 4.88 Å². The van der Waals surface area contributed by atoms with Crippen LogP contribution in [0.2, 0.25) is 0 Å². The highest BCUT2D eigenvalue weighted by atomic mass is 32.1. The third-order valence-corrected chi connectivity index (χ3v) is 6.43. The molecular weight excluding hydrogens is 332 g/mol. The van der Waals surface area contributed by atoms with E-state index in [1.54, 1.807) is 0 Å². The van der Waals surface area contributed by atoms with Crippen molar-refractivity contribution in [1.29, 1.82) is 0 Å². The zero-order valence-electron chi connectivity index (χ0n) is 14.0. The summed E-state index contributed by atoms with van der Waals surface area (Å²) in [7, 11) is 0. The first-order valence-corrected chi connectivity index (χ1v) is 9.80. The van der Waals surface area contributed by atoms with E-state index in [-0.39, 0.29) is 11.6 Å². The van der Waals surface area contributed by atoms with E-state index in [1.807, 2.05) is 35.6 Å². The summed E-state index contributed by atoms with van der Waals surface area (Å²) in [5.41, 5.74) is 2.05. The van der Waals surface area contributed by atoms with Crippen LogP contribution in [0.3, 0.4) is 0 Å². The molecule has 1 unspecified atom stereocenters. The normalized spacial score (nSPS) is 20.4. The number of hydrogen-bond acceptors (Lipinski definition) is 5. The van der Waals surface area contributed by atoms with Crippen molar-refractivity contribution in [1.82, 2.24) is 19.9 Å². The second kappa shape index (κ2) is 6.04. The number of aromatic amines is 1. The number of hydrogen-bond donors (Lipinski definition) is 1. The summed E-state index contributed by atoms with van der Waals surface area (Å²) in [5, 5.41) is 1.87. The molecule has 0 bridgehead atoms. The molecule has 25 heavy (non-hydrogen) atoms. The van der Waals surface area contributed by atoms with E-state index in [0.29, 0.717) is 5.39 Å². The Labute approximate surface area is 149 Å². The molecule has 1 saturated heterocycles. The van der Waals surface area contributed by atoms with Crippen molar-refractivity contribution < 1.29 is 0 Å². The molecule has 0 spiro atoms. The van der Waals surface area contributed by atoms with E-state index in [9.17, 15) is 4.79 Å². The number of aryl methyl sites for hydroxylation is 2. The van der Waals surface area contributed by atoms with Gasteiger partial charge in [0.15, 0.2) is 0 Å². The molecule has 128 valence electrons. The molecule has 2 aromatic heterocycles. The summed E-state index contributed by atoms with van der Waals surface area (Å²) in [6.45, 7) is 1.89. The van der Waals surface area contributed by atoms with Crippen molar-refractivity contribution >= 4 is 22.2 Å². The Hall–Kier alpha value is -2.05. The number of fused-ring (bicyclic) bond motifs is 2. The minimum atomic E-state index is -0.0410. The van der Waals surface area contributed by atoms with E-state index >= 15 is 0 Å². The molecule has 1 N–H and O–H groups in total. The summed E-state index contributed by atoms with van der Waals surface area (Å²) in [5.74, 6) is 0.797. The van der Waals surface area contributed by atoms with Crippen molar-refractivity contribution in [2.24, 2.45) is 0 Å². The Balaban J connectivity index is 1.45. The summed E-state index contributed by atoms with van der Waals surface area (Å²) in [4.78, 5) is 28.9. The van der Waals surface area contributed by atoms with Gasteiger partial charge in [0.2, 0.25) is 0 Å². The quantitative estimate of drug-likeness (QED) is 0.786. The number of H-pyrrole nitrogens is 1. The fourth-order valence-electron chi connectivity index (χ4n) is 4.07. The lowest BCUT2D eigenvalue weighted by Gasteiger charge is -2.22. The van der Waals surface area contributed by atoms with Crippen LogP contribution in [0.15, 0.2) is 29.1 Å². The molecule has 1 aliphatic carbocycles. The van der Waals surface area contributed by atoms with E-state index in [0.717, 1.165) is 43.7 Å². The zero-order chi connectivity index (χ0) is 16.8. The second-order valence-electron chi connectivity index (χ2n) is 6.93. The molecule has 5 nitrogen and oxygen atoms in total. The summed E-state index contributed by atoms with van der Waals surface area (Å²) in [6, 6.07) is 7.73. The van der Waals surface area contributed by atoms with Gasteiger partial charge in [-0.1, -0.05) is 12.1 Å². The Bertz CT molecular complexity index is 971. The monoisotopic (exact) mass is 352 g/mol. The number of rotatable bonds is 3. The van der Waals surface area contributed by atoms with Crippen molar-refractivity contribution in [3.8, 4) is 0 Å². The predicted molar refractivity (Wildman–Crippen MR) is 98.9 cm³/mol. The molecular formula is C19H20N4OS. The lowest BCUT2D eigenvalue weighted by Crippen LogP contribution is -2.26. The van der Waals surface area contributed by atoms with Crippen molar-refractivity contribution in [3.05, 3.63) is 56.0 Å². The summed E-state index contributed by atoms with van der Waals surface area (Å²) in [6.07, 6.45) is 5.74. The Morgan fingerprint density at radius 3 is 3.04 bits per heavy atom. The first kappa shape index (κ1) is 15.2. The lowest BCUT2D eigenvalue weighted by atomic mass is 10.2. The van der Waals surface area contributed by atoms with Gasteiger partial charge in [-0.15, -0.1) is 11.3 Å². The van der Waals surface area contributed by atoms with Crippen LogP contribution < -0.4 is 5.56 Å². The highest BCUT2D eigenvalue weighted by Gasteiger charge is 2.29. The number of likely N-dealkylation sites (tertiary alicyclic amines) is 1. The average Bonchev–Trinajstić information content (AvgIpc) is 3.31. The van der Waals surface area contributed by atoms with Crippen molar-refractivity contribution in [2.45, 2.75) is 44.7 Å². The van der Waals surface area contributed by atoms with Crippen LogP contribution in [-0.4, -0.2) is 26.4 Å². The van der Waals surface area contributed by atoms with Crippen LogP contribution in [0.5, 0.6) is 0 Å². The molecule has 0 amide bonds. The molecule has 0 saturated carbocycles. The van der Waals surface area contributed by atoms with Gasteiger partial charge in [0.25, 0.3) is 5.56 Å². The molecule has 1 atom stereocenters. The summed E-state index contributed by atoms with van der Waals surface area (Å²) >= 11 is 1.87. The Kier molecular flexibility index (Phi) is 3.68. The minimum Gasteiger partial charge on any atom is -0.309 e. The highest BCUT2D eigenvalue weighted by molar-refractivity contribution is 7.11. The van der Waals surface area contributed by atoms with Crippen LogP contribution >= 0.6 is 11.3 Å². The maximum atomic E-state index is 12.4. The van der Waals surface area contributed by atoms with Crippen molar-refractivity contribution in [2.75, 3.05) is 6.54 Å². The number of para-hydroxylation sites is 1. The number of nitrogens with one attached hydrogen (secondary N) is 1. The number of aromatic nitrogens is 3. The molecule has 0 radical (unpaired) electrons. The number of benzene rings is 1. The van der Waals surface area contributed by atoms with E-state index in [1.165, 1.54) is 28.4 Å². The number of nitrogens with zero attached hydrogens (tertiary/aromatic N) is 3. The predicted octanol–water partition coefficient (Wildman–Crippen LogP) is 3.21. The van der Waals surface area contributed by atoms with Crippen LogP contribution in [0, 0.1) is 0 Å². The second-order valence-corrected chi connectivity index (χ2v) is 8.10. The van der Waals surface area contributed by atoms with Crippen molar-refractivity contribution in [3.63, 3.8) is 0 Å². The van der Waals surface area contributed by atoms with Gasteiger partial charge in [-0.3, -0.25) is 9.69 Å². The molecule has 3 heterocycles. The first-order valence-electron chi connectivity index (χ1n) is 8.98. The van der Waals surface area contributed by atoms with E-state index in [4.69, 9.17) is 9.97 Å². The van der Waals surface area contributed by atoms with E-state index < -0.39 is 0 Å². The molecule has 1 fully saturated rings. The minimum absolute atomic E-state index is 0.0410. The third kappa shape index (κ3) is 2.69. The molecule has 2 aliphatic rings. The highest BCUT2D eigenvalue weighted by Crippen LogP contribution is 2.34. The number of thiazole rings is 1. The molecule has 6 heteroatoms. The van der Waals surface area contributed by atoms with Gasteiger partial charge in [-0.05, 0) is 50.8 Å². The van der Waals surface area contributed by atoms with Crippen LogP contribution in [0.1, 0.15) is 46.7 Å². The van der Waals surface area contributed by atoms with E-state index in [2.05, 4.69) is 9.88 Å². The summed E-state index contributed by atoms with van der Waals surface area (Å²) < 4.78 is 0. The zero-order valence-corrected chi connectivity index (χ0v) is 14.8. The van der Waals surface area contributed by atoms with Gasteiger partial charge in [0.05, 0.1) is 29.2 Å². The molecule has 1 aliphatic heterocycles. The van der Waals surface area contributed by atoms with Gasteiger partial charge < -0.3 is 4.98 Å². The SMILES string of the molecule is O=c1[nH]c(C2CCCN2Cc2nc3c(s2)CCC3)nc2ccccc12. The largest absolute Gasteiger partial charge is 0.309 e. The molecule has 3 aromatic rings. The molecule has 1 aromatic carbocycles. The maximum absolute atomic E-state index is 12.4. The smallest absolute Gasteiger partial charge is 0.258 e. The fourth-order valence-corrected chi connectivity index (χ4v) is 5.26. The van der Waals surface area contributed by atoms with Crippen LogP contribution in [0.4, 0.5) is 0 Å².